The maximum Gasteiger partial charge on any atom is 0.307 e. The van der Waals surface area contributed by atoms with Gasteiger partial charge < -0.3 is 5.32 Å². The van der Waals surface area contributed by atoms with Gasteiger partial charge in [0, 0.05) is 29.1 Å². The molecular weight excluding hydrogens is 322 g/mol. The maximum atomic E-state index is 13.7. The van der Waals surface area contributed by atoms with Gasteiger partial charge in [0.25, 0.3) is 5.91 Å². The van der Waals surface area contributed by atoms with E-state index < -0.39 is 33.7 Å². The van der Waals surface area contributed by atoms with E-state index in [0.717, 1.165) is 17.3 Å². The van der Waals surface area contributed by atoms with Crippen molar-refractivity contribution >= 4 is 35.1 Å². The van der Waals surface area contributed by atoms with Gasteiger partial charge in [-0.25, -0.2) is 4.39 Å². The first kappa shape index (κ1) is 16.0. The van der Waals surface area contributed by atoms with Crippen molar-refractivity contribution in [3.63, 3.8) is 0 Å². The second-order valence-electron chi connectivity index (χ2n) is 4.32. The molecule has 1 saturated heterocycles. The molecule has 0 spiro atoms. The topological polar surface area (TPSA) is 72.2 Å². The standard InChI is InChI=1S/C12H12F2N2O3S2/c13-9-4-11(16(18)19)10(14)3-8(9)12(17)15-5-7-6-20-1-2-21-7/h3-4,7H,1-2,5-6H2,(H,15,17). The van der Waals surface area contributed by atoms with E-state index in [1.165, 1.54) is 0 Å². The molecule has 9 heteroatoms. The van der Waals surface area contributed by atoms with Crippen LogP contribution in [0.25, 0.3) is 0 Å². The largest absolute Gasteiger partial charge is 0.351 e. The first-order chi connectivity index (χ1) is 9.99. The summed E-state index contributed by atoms with van der Waals surface area (Å²) in [5, 5.41) is 13.3. The van der Waals surface area contributed by atoms with Crippen LogP contribution in [0.5, 0.6) is 0 Å². The number of nitrogens with zero attached hydrogens (tertiary/aromatic N) is 1. The molecule has 1 unspecified atom stereocenters. The minimum atomic E-state index is -1.23. The van der Waals surface area contributed by atoms with Gasteiger partial charge in [0.05, 0.1) is 16.6 Å². The zero-order chi connectivity index (χ0) is 15.4. The average molecular weight is 334 g/mol. The molecule has 1 aliphatic rings. The van der Waals surface area contributed by atoms with Crippen LogP contribution in [-0.4, -0.2) is 39.9 Å². The quantitative estimate of drug-likeness (QED) is 0.676. The molecule has 0 saturated carbocycles. The highest BCUT2D eigenvalue weighted by Crippen LogP contribution is 2.24. The lowest BCUT2D eigenvalue weighted by Gasteiger charge is -2.21. The molecule has 1 aromatic carbocycles. The van der Waals surface area contributed by atoms with Crippen LogP contribution in [-0.2, 0) is 0 Å². The molecule has 0 aromatic heterocycles. The van der Waals surface area contributed by atoms with E-state index in [2.05, 4.69) is 5.32 Å². The Bertz CT molecular complexity index is 566. The number of nitro benzene ring substituents is 1. The average Bonchev–Trinajstić information content (AvgIpc) is 2.47. The second-order valence-corrected chi connectivity index (χ2v) is 6.88. The van der Waals surface area contributed by atoms with Crippen molar-refractivity contribution in [2.75, 3.05) is 23.8 Å². The molecular formula is C12H12F2N2O3S2. The first-order valence-corrected chi connectivity index (χ1v) is 8.30. The van der Waals surface area contributed by atoms with Gasteiger partial charge in [0.2, 0.25) is 5.82 Å². The van der Waals surface area contributed by atoms with Crippen molar-refractivity contribution in [3.05, 3.63) is 39.4 Å². The number of hydrogen-bond acceptors (Lipinski definition) is 5. The van der Waals surface area contributed by atoms with Crippen molar-refractivity contribution < 1.29 is 18.5 Å². The summed E-state index contributed by atoms with van der Waals surface area (Å²) in [4.78, 5) is 21.3. The van der Waals surface area contributed by atoms with Crippen LogP contribution < -0.4 is 5.32 Å². The predicted molar refractivity (Wildman–Crippen MR) is 78.9 cm³/mol. The van der Waals surface area contributed by atoms with Gasteiger partial charge in [-0.3, -0.25) is 14.9 Å². The monoisotopic (exact) mass is 334 g/mol. The Balaban J connectivity index is 2.05. The predicted octanol–water partition coefficient (Wildman–Crippen LogP) is 2.45. The summed E-state index contributed by atoms with van der Waals surface area (Å²) in [5.41, 5.74) is -1.50. The van der Waals surface area contributed by atoms with Crippen molar-refractivity contribution in [2.45, 2.75) is 5.25 Å². The number of thioether (sulfide) groups is 2. The molecule has 1 N–H and O–H groups in total. The van der Waals surface area contributed by atoms with E-state index in [1.807, 2.05) is 0 Å². The molecule has 5 nitrogen and oxygen atoms in total. The molecule has 2 rings (SSSR count). The lowest BCUT2D eigenvalue weighted by atomic mass is 10.1. The maximum absolute atomic E-state index is 13.7. The SMILES string of the molecule is O=C(NCC1CSCCS1)c1cc(F)c([N+](=O)[O-])cc1F. The number of amides is 1. The third kappa shape index (κ3) is 4.07. The zero-order valence-electron chi connectivity index (χ0n) is 10.8. The summed E-state index contributed by atoms with van der Waals surface area (Å²) < 4.78 is 27.1. The van der Waals surface area contributed by atoms with Gasteiger partial charge in [0.15, 0.2) is 0 Å². The Morgan fingerprint density at radius 2 is 2.14 bits per heavy atom. The number of hydrogen-bond donors (Lipinski definition) is 1. The van der Waals surface area contributed by atoms with E-state index in [0.29, 0.717) is 18.7 Å². The van der Waals surface area contributed by atoms with E-state index >= 15 is 0 Å². The second kappa shape index (κ2) is 7.08. The molecule has 1 amide bonds. The molecule has 114 valence electrons. The Morgan fingerprint density at radius 1 is 1.38 bits per heavy atom. The molecule has 0 radical (unpaired) electrons. The highest BCUT2D eigenvalue weighted by atomic mass is 32.2. The summed E-state index contributed by atoms with van der Waals surface area (Å²) >= 11 is 3.50. The van der Waals surface area contributed by atoms with E-state index in [9.17, 15) is 23.7 Å². The van der Waals surface area contributed by atoms with E-state index in [1.54, 1.807) is 23.5 Å². The summed E-state index contributed by atoms with van der Waals surface area (Å²) in [6.45, 7) is 0.356. The molecule has 1 aliphatic heterocycles. The third-order valence-corrected chi connectivity index (χ3v) is 5.70. The molecule has 0 aliphatic carbocycles. The normalized spacial score (nSPS) is 18.3. The van der Waals surface area contributed by atoms with Gasteiger partial charge in [-0.2, -0.15) is 27.9 Å². The Morgan fingerprint density at radius 3 is 2.76 bits per heavy atom. The van der Waals surface area contributed by atoms with Gasteiger partial charge in [-0.05, 0) is 6.07 Å². The molecule has 1 heterocycles. The first-order valence-electron chi connectivity index (χ1n) is 6.10. The van der Waals surface area contributed by atoms with Crippen molar-refractivity contribution in [1.82, 2.24) is 5.32 Å². The number of rotatable bonds is 4. The fourth-order valence-electron chi connectivity index (χ4n) is 1.81. The third-order valence-electron chi connectivity index (χ3n) is 2.85. The number of nitro groups is 1. The highest BCUT2D eigenvalue weighted by Gasteiger charge is 2.23. The van der Waals surface area contributed by atoms with Crippen LogP contribution in [0.15, 0.2) is 12.1 Å². The van der Waals surface area contributed by atoms with Crippen LogP contribution in [0.1, 0.15) is 10.4 Å². The Hall–Kier alpha value is -1.35. The van der Waals surface area contributed by atoms with Crippen LogP contribution in [0, 0.1) is 21.7 Å². The molecule has 1 fully saturated rings. The molecule has 0 bridgehead atoms. The number of halogens is 2. The van der Waals surface area contributed by atoms with E-state index in [-0.39, 0.29) is 5.25 Å². The summed E-state index contributed by atoms with van der Waals surface area (Å²) in [5.74, 6) is -0.150. The minimum absolute atomic E-state index is 0.235. The van der Waals surface area contributed by atoms with Gasteiger partial charge >= 0.3 is 5.69 Å². The van der Waals surface area contributed by atoms with Crippen molar-refractivity contribution in [3.8, 4) is 0 Å². The van der Waals surface area contributed by atoms with Crippen molar-refractivity contribution in [2.24, 2.45) is 0 Å². The summed E-state index contributed by atoms with van der Waals surface area (Å²) in [6.07, 6.45) is 0. The lowest BCUT2D eigenvalue weighted by molar-refractivity contribution is -0.387. The van der Waals surface area contributed by atoms with Crippen molar-refractivity contribution in [1.29, 1.82) is 0 Å². The van der Waals surface area contributed by atoms with Gasteiger partial charge in [0.1, 0.15) is 5.82 Å². The summed E-state index contributed by atoms with van der Waals surface area (Å²) in [7, 11) is 0. The highest BCUT2D eigenvalue weighted by molar-refractivity contribution is 8.06. The van der Waals surface area contributed by atoms with Crippen LogP contribution >= 0.6 is 23.5 Å². The zero-order valence-corrected chi connectivity index (χ0v) is 12.4. The van der Waals surface area contributed by atoms with Gasteiger partial charge in [-0.1, -0.05) is 0 Å². The fraction of sp³-hybridized carbons (Fsp3) is 0.417. The number of nitrogens with one attached hydrogen (secondary N) is 1. The Labute approximate surface area is 128 Å². The molecule has 1 atom stereocenters. The molecule has 1 aromatic rings. The number of benzene rings is 1. The minimum Gasteiger partial charge on any atom is -0.351 e. The van der Waals surface area contributed by atoms with Crippen LogP contribution in [0.4, 0.5) is 14.5 Å². The smallest absolute Gasteiger partial charge is 0.307 e. The summed E-state index contributed by atoms with van der Waals surface area (Å²) in [6, 6.07) is 0.987. The molecule has 21 heavy (non-hydrogen) atoms. The fourth-order valence-corrected chi connectivity index (χ4v) is 4.42. The van der Waals surface area contributed by atoms with Gasteiger partial charge in [-0.15, -0.1) is 0 Å². The van der Waals surface area contributed by atoms with E-state index in [4.69, 9.17) is 0 Å². The Kier molecular flexibility index (Phi) is 5.40. The van der Waals surface area contributed by atoms with Crippen LogP contribution in [0.2, 0.25) is 0 Å². The van der Waals surface area contributed by atoms with Crippen LogP contribution in [0.3, 0.4) is 0 Å². The number of carbonyl (C=O) groups is 1. The number of carbonyl (C=O) groups excluding carboxylic acids is 1. The lowest BCUT2D eigenvalue weighted by Crippen LogP contribution is -2.33.